The fourth-order valence-corrected chi connectivity index (χ4v) is 3.35. The molecule has 1 aromatic rings. The Morgan fingerprint density at radius 2 is 2.50 bits per heavy atom. The Bertz CT molecular complexity index is 377. The molecule has 3 atom stereocenters. The molecular weight excluding hydrogens is 244 g/mol. The van der Waals surface area contributed by atoms with Crippen molar-refractivity contribution in [2.24, 2.45) is 5.92 Å². The molecule has 1 unspecified atom stereocenters. The van der Waals surface area contributed by atoms with Gasteiger partial charge in [-0.2, -0.15) is 0 Å². The maximum atomic E-state index is 12.1. The predicted molar refractivity (Wildman–Crippen MR) is 75.8 cm³/mol. The molecule has 18 heavy (non-hydrogen) atoms. The zero-order valence-electron chi connectivity index (χ0n) is 11.1. The Kier molecular flexibility index (Phi) is 4.78. The summed E-state index contributed by atoms with van der Waals surface area (Å²) in [5.74, 6) is 0.416. The number of carbonyl (C=O) groups excluding carboxylic acids is 1. The maximum absolute atomic E-state index is 12.1. The van der Waals surface area contributed by atoms with E-state index in [0.29, 0.717) is 6.04 Å². The van der Waals surface area contributed by atoms with Crippen molar-refractivity contribution in [3.63, 3.8) is 0 Å². The van der Waals surface area contributed by atoms with Crippen LogP contribution >= 0.6 is 11.3 Å². The van der Waals surface area contributed by atoms with E-state index in [0.717, 1.165) is 25.8 Å². The van der Waals surface area contributed by atoms with Crippen LogP contribution in [0.1, 0.15) is 31.6 Å². The number of piperidine rings is 1. The van der Waals surface area contributed by atoms with E-state index in [1.165, 1.54) is 4.88 Å². The van der Waals surface area contributed by atoms with E-state index in [1.807, 2.05) is 0 Å². The van der Waals surface area contributed by atoms with Crippen LogP contribution in [0.3, 0.4) is 0 Å². The fourth-order valence-electron chi connectivity index (χ4n) is 2.51. The van der Waals surface area contributed by atoms with Crippen LogP contribution in [0.5, 0.6) is 0 Å². The number of amides is 1. The first-order valence-corrected chi connectivity index (χ1v) is 7.59. The fraction of sp³-hybridized carbons (Fsp3) is 0.643. The third kappa shape index (κ3) is 3.82. The van der Waals surface area contributed by atoms with Crippen molar-refractivity contribution in [1.82, 2.24) is 10.6 Å². The minimum Gasteiger partial charge on any atom is -0.353 e. The van der Waals surface area contributed by atoms with Crippen LogP contribution in [0.2, 0.25) is 0 Å². The molecule has 0 aliphatic carbocycles. The van der Waals surface area contributed by atoms with Crippen molar-refractivity contribution in [1.29, 1.82) is 0 Å². The summed E-state index contributed by atoms with van der Waals surface area (Å²) >= 11 is 1.75. The summed E-state index contributed by atoms with van der Waals surface area (Å²) in [6, 6.07) is 4.87. The van der Waals surface area contributed by atoms with E-state index in [9.17, 15) is 4.79 Å². The second-order valence-corrected chi connectivity index (χ2v) is 6.30. The summed E-state index contributed by atoms with van der Waals surface area (Å²) in [4.78, 5) is 13.5. The van der Waals surface area contributed by atoms with Crippen LogP contribution < -0.4 is 10.6 Å². The van der Waals surface area contributed by atoms with Crippen LogP contribution in [0, 0.1) is 5.92 Å². The van der Waals surface area contributed by atoms with Gasteiger partial charge in [-0.3, -0.25) is 4.79 Å². The van der Waals surface area contributed by atoms with Crippen LogP contribution in [-0.4, -0.2) is 24.5 Å². The molecule has 2 rings (SSSR count). The summed E-state index contributed by atoms with van der Waals surface area (Å²) in [7, 11) is 0. The molecule has 100 valence electrons. The second kappa shape index (κ2) is 6.34. The summed E-state index contributed by atoms with van der Waals surface area (Å²) < 4.78 is 0. The third-order valence-corrected chi connectivity index (χ3v) is 4.37. The van der Waals surface area contributed by atoms with Crippen molar-refractivity contribution < 1.29 is 4.79 Å². The number of carbonyl (C=O) groups is 1. The van der Waals surface area contributed by atoms with E-state index in [1.54, 1.807) is 11.3 Å². The zero-order valence-corrected chi connectivity index (χ0v) is 11.9. The van der Waals surface area contributed by atoms with Crippen molar-refractivity contribution in [2.45, 2.75) is 45.2 Å². The number of thiophene rings is 1. The van der Waals surface area contributed by atoms with Gasteiger partial charge < -0.3 is 10.6 Å². The highest BCUT2D eigenvalue weighted by Crippen LogP contribution is 2.17. The predicted octanol–water partition coefficient (Wildman–Crippen LogP) is 2.18. The van der Waals surface area contributed by atoms with Gasteiger partial charge in [-0.05, 0) is 44.7 Å². The Morgan fingerprint density at radius 1 is 1.67 bits per heavy atom. The molecule has 1 fully saturated rings. The Balaban J connectivity index is 1.79. The number of rotatable bonds is 4. The highest BCUT2D eigenvalue weighted by atomic mass is 32.1. The molecule has 1 amide bonds. The lowest BCUT2D eigenvalue weighted by molar-refractivity contribution is -0.126. The Morgan fingerprint density at radius 3 is 3.17 bits per heavy atom. The van der Waals surface area contributed by atoms with E-state index in [2.05, 4.69) is 42.0 Å². The monoisotopic (exact) mass is 266 g/mol. The number of nitrogens with one attached hydrogen (secondary N) is 2. The van der Waals surface area contributed by atoms with E-state index in [4.69, 9.17) is 0 Å². The molecular formula is C14H22N2OS. The molecule has 1 aliphatic rings. The van der Waals surface area contributed by atoms with Crippen molar-refractivity contribution in [3.05, 3.63) is 22.4 Å². The lowest BCUT2D eigenvalue weighted by Crippen LogP contribution is -2.45. The minimum absolute atomic E-state index is 0.187. The Labute approximate surface area is 113 Å². The first kappa shape index (κ1) is 13.6. The van der Waals surface area contributed by atoms with Gasteiger partial charge in [-0.25, -0.2) is 0 Å². The molecule has 0 aromatic carbocycles. The number of hydrogen-bond acceptors (Lipinski definition) is 3. The van der Waals surface area contributed by atoms with Crippen LogP contribution in [0.4, 0.5) is 0 Å². The van der Waals surface area contributed by atoms with Gasteiger partial charge in [0.25, 0.3) is 0 Å². The van der Waals surface area contributed by atoms with Crippen molar-refractivity contribution in [3.8, 4) is 0 Å². The smallest absolute Gasteiger partial charge is 0.223 e. The largest absolute Gasteiger partial charge is 0.353 e. The van der Waals surface area contributed by atoms with Crippen molar-refractivity contribution >= 4 is 17.2 Å². The van der Waals surface area contributed by atoms with Gasteiger partial charge in [-0.15, -0.1) is 11.3 Å². The molecule has 1 aliphatic heterocycles. The van der Waals surface area contributed by atoms with E-state index < -0.39 is 0 Å². The number of hydrogen-bond donors (Lipinski definition) is 2. The molecule has 0 radical (unpaired) electrons. The summed E-state index contributed by atoms with van der Waals surface area (Å²) in [6.45, 7) is 5.19. The molecule has 0 saturated carbocycles. The molecule has 0 bridgehead atoms. The molecule has 2 heterocycles. The minimum atomic E-state index is 0.187. The summed E-state index contributed by atoms with van der Waals surface area (Å²) in [6.07, 6.45) is 2.85. The standard InChI is InChI=1S/C14H22N2OS/c1-10-8-12(5-6-15-10)14(17)16-11(2)9-13-4-3-7-18-13/h3-4,7,10-12,15H,5-6,8-9H2,1-2H3,(H,16,17)/t10-,11?,12-/m0/s1. The summed E-state index contributed by atoms with van der Waals surface area (Å²) in [5, 5.41) is 8.61. The molecule has 4 heteroatoms. The third-order valence-electron chi connectivity index (χ3n) is 3.47. The maximum Gasteiger partial charge on any atom is 0.223 e. The quantitative estimate of drug-likeness (QED) is 0.877. The van der Waals surface area contributed by atoms with E-state index in [-0.39, 0.29) is 17.9 Å². The molecule has 2 N–H and O–H groups in total. The topological polar surface area (TPSA) is 41.1 Å². The van der Waals surface area contributed by atoms with Gasteiger partial charge in [0.1, 0.15) is 0 Å². The van der Waals surface area contributed by atoms with Crippen molar-refractivity contribution in [2.75, 3.05) is 6.54 Å². The molecule has 3 nitrogen and oxygen atoms in total. The Hall–Kier alpha value is -0.870. The van der Waals surface area contributed by atoms with Crippen LogP contribution in [0.15, 0.2) is 17.5 Å². The van der Waals surface area contributed by atoms with Gasteiger partial charge in [0.05, 0.1) is 0 Å². The van der Waals surface area contributed by atoms with Gasteiger partial charge in [-0.1, -0.05) is 6.07 Å². The van der Waals surface area contributed by atoms with Gasteiger partial charge in [0.2, 0.25) is 5.91 Å². The van der Waals surface area contributed by atoms with Gasteiger partial charge in [0, 0.05) is 29.3 Å². The van der Waals surface area contributed by atoms with Crippen LogP contribution in [0.25, 0.3) is 0 Å². The van der Waals surface area contributed by atoms with Gasteiger partial charge in [0.15, 0.2) is 0 Å². The average molecular weight is 266 g/mol. The second-order valence-electron chi connectivity index (χ2n) is 5.27. The van der Waals surface area contributed by atoms with Crippen LogP contribution in [-0.2, 0) is 11.2 Å². The average Bonchev–Trinajstić information content (AvgIpc) is 2.81. The molecule has 0 spiro atoms. The molecule has 1 aromatic heterocycles. The first-order valence-electron chi connectivity index (χ1n) is 6.71. The normalized spacial score (nSPS) is 25.7. The molecule has 1 saturated heterocycles. The highest BCUT2D eigenvalue weighted by molar-refractivity contribution is 7.09. The lowest BCUT2D eigenvalue weighted by atomic mass is 9.92. The SMILES string of the molecule is CC(Cc1cccs1)NC(=O)[C@H]1CCN[C@@H](C)C1. The summed E-state index contributed by atoms with van der Waals surface area (Å²) in [5.41, 5.74) is 0. The zero-order chi connectivity index (χ0) is 13.0. The highest BCUT2D eigenvalue weighted by Gasteiger charge is 2.25. The lowest BCUT2D eigenvalue weighted by Gasteiger charge is -2.28. The van der Waals surface area contributed by atoms with E-state index >= 15 is 0 Å². The van der Waals surface area contributed by atoms with Gasteiger partial charge >= 0.3 is 0 Å². The first-order chi connectivity index (χ1) is 8.65.